The molecule has 0 radical (unpaired) electrons. The predicted molar refractivity (Wildman–Crippen MR) is 102 cm³/mol. The van der Waals surface area contributed by atoms with Crippen molar-refractivity contribution in [3.63, 3.8) is 0 Å². The average Bonchev–Trinajstić information content (AvgIpc) is 2.55. The van der Waals surface area contributed by atoms with Crippen LogP contribution in [-0.2, 0) is 4.74 Å². The monoisotopic (exact) mass is 327 g/mol. The third kappa shape index (κ3) is 3.81. The molecule has 2 heterocycles. The lowest BCUT2D eigenvalue weighted by molar-refractivity contribution is 0.0532. The second-order valence-electron chi connectivity index (χ2n) is 7.21. The smallest absolute Gasteiger partial charge is 0.0722 e. The first kappa shape index (κ1) is 17.0. The number of rotatable bonds is 4. The molecule has 2 atom stereocenters. The van der Waals surface area contributed by atoms with E-state index in [1.165, 1.54) is 17.1 Å². The Morgan fingerprint density at radius 3 is 2.58 bits per heavy atom. The Balaban J connectivity index is 1.79. The number of morpholine rings is 1. The van der Waals surface area contributed by atoms with Crippen LogP contribution in [0.25, 0.3) is 0 Å². The molecule has 0 aliphatic carbocycles. The van der Waals surface area contributed by atoms with Gasteiger partial charge in [0, 0.05) is 48.6 Å². The van der Waals surface area contributed by atoms with Gasteiger partial charge in [-0.2, -0.15) is 0 Å². The minimum Gasteiger partial charge on any atom is -0.375 e. The van der Waals surface area contributed by atoms with Gasteiger partial charge < -0.3 is 14.5 Å². The molecule has 0 N–H and O–H groups in total. The summed E-state index contributed by atoms with van der Waals surface area (Å²) >= 11 is 0. The van der Waals surface area contributed by atoms with Crippen molar-refractivity contribution in [1.82, 2.24) is 0 Å². The summed E-state index contributed by atoms with van der Waals surface area (Å²) in [6, 6.07) is 9.35. The average molecular weight is 327 g/mol. The molecule has 2 aliphatic rings. The van der Waals surface area contributed by atoms with E-state index in [1.54, 1.807) is 0 Å². The van der Waals surface area contributed by atoms with E-state index < -0.39 is 0 Å². The van der Waals surface area contributed by atoms with Gasteiger partial charge in [-0.05, 0) is 57.4 Å². The van der Waals surface area contributed by atoms with Gasteiger partial charge in [0.2, 0.25) is 0 Å². The molecule has 24 heavy (non-hydrogen) atoms. The molecule has 1 aromatic carbocycles. The Morgan fingerprint density at radius 1 is 1.21 bits per heavy atom. The maximum Gasteiger partial charge on any atom is 0.0722 e. The highest BCUT2D eigenvalue weighted by atomic mass is 16.5. The van der Waals surface area contributed by atoms with Gasteiger partial charge in [-0.15, -0.1) is 0 Å². The molecule has 1 aromatic rings. The van der Waals surface area contributed by atoms with Gasteiger partial charge in [0.1, 0.15) is 0 Å². The number of aliphatic imine (C=N–C) groups is 1. The Bertz CT molecular complexity index is 606. The first-order valence-electron chi connectivity index (χ1n) is 9.03. The third-order valence-electron chi connectivity index (χ3n) is 4.66. The van der Waals surface area contributed by atoms with E-state index in [-0.39, 0.29) is 0 Å². The quantitative estimate of drug-likeness (QED) is 0.834. The van der Waals surface area contributed by atoms with Crippen molar-refractivity contribution in [3.05, 3.63) is 36.2 Å². The summed E-state index contributed by atoms with van der Waals surface area (Å²) in [6.07, 6.45) is 5.39. The third-order valence-corrected chi connectivity index (χ3v) is 4.66. The van der Waals surface area contributed by atoms with E-state index in [0.717, 1.165) is 26.1 Å². The van der Waals surface area contributed by atoms with Crippen molar-refractivity contribution >= 4 is 17.6 Å². The van der Waals surface area contributed by atoms with Gasteiger partial charge in [0.05, 0.1) is 12.7 Å². The van der Waals surface area contributed by atoms with Crippen LogP contribution in [0, 0.1) is 5.92 Å². The SMILES string of the molecule is CC1C=NC=C(N(c2ccc(N3CCO[C@H](C)C3)cc2)C(C)C)C1. The van der Waals surface area contributed by atoms with Crippen LogP contribution in [0.4, 0.5) is 11.4 Å². The Hall–Kier alpha value is -1.81. The van der Waals surface area contributed by atoms with E-state index in [4.69, 9.17) is 4.74 Å². The molecule has 3 rings (SSSR count). The maximum absolute atomic E-state index is 5.64. The van der Waals surface area contributed by atoms with Gasteiger partial charge >= 0.3 is 0 Å². The number of allylic oxidation sites excluding steroid dienone is 1. The Labute approximate surface area is 145 Å². The summed E-state index contributed by atoms with van der Waals surface area (Å²) < 4.78 is 5.64. The van der Waals surface area contributed by atoms with E-state index in [2.05, 4.69) is 66.8 Å². The molecular weight excluding hydrogens is 298 g/mol. The molecule has 4 nitrogen and oxygen atoms in total. The first-order chi connectivity index (χ1) is 11.5. The Kier molecular flexibility index (Phi) is 5.24. The molecular formula is C20H29N3O. The van der Waals surface area contributed by atoms with Gasteiger partial charge in [-0.1, -0.05) is 6.92 Å². The predicted octanol–water partition coefficient (Wildman–Crippen LogP) is 4.08. The molecule has 1 unspecified atom stereocenters. The molecule has 0 saturated carbocycles. The van der Waals surface area contributed by atoms with Gasteiger partial charge in [-0.3, -0.25) is 4.99 Å². The number of hydrogen-bond donors (Lipinski definition) is 0. The highest BCUT2D eigenvalue weighted by molar-refractivity contribution is 5.66. The van der Waals surface area contributed by atoms with Crippen LogP contribution >= 0.6 is 0 Å². The molecule has 0 bridgehead atoms. The highest BCUT2D eigenvalue weighted by Crippen LogP contribution is 2.30. The van der Waals surface area contributed by atoms with Gasteiger partial charge in [0.25, 0.3) is 0 Å². The summed E-state index contributed by atoms with van der Waals surface area (Å²) in [4.78, 5) is 9.22. The number of anilines is 2. The number of benzene rings is 1. The summed E-state index contributed by atoms with van der Waals surface area (Å²) in [5.74, 6) is 0.500. The lowest BCUT2D eigenvalue weighted by atomic mass is 10.0. The van der Waals surface area contributed by atoms with Crippen LogP contribution in [0.3, 0.4) is 0 Å². The Morgan fingerprint density at radius 2 is 1.96 bits per heavy atom. The van der Waals surface area contributed by atoms with Crippen molar-refractivity contribution in [2.24, 2.45) is 10.9 Å². The van der Waals surface area contributed by atoms with Crippen LogP contribution in [0.5, 0.6) is 0 Å². The van der Waals surface area contributed by atoms with Crippen LogP contribution in [0.15, 0.2) is 41.2 Å². The maximum atomic E-state index is 5.64. The highest BCUT2D eigenvalue weighted by Gasteiger charge is 2.21. The second-order valence-corrected chi connectivity index (χ2v) is 7.21. The van der Waals surface area contributed by atoms with E-state index in [0.29, 0.717) is 18.1 Å². The molecule has 130 valence electrons. The molecule has 1 saturated heterocycles. The molecule has 0 aromatic heterocycles. The number of nitrogens with zero attached hydrogens (tertiary/aromatic N) is 3. The zero-order valence-electron chi connectivity index (χ0n) is 15.3. The van der Waals surface area contributed by atoms with Crippen molar-refractivity contribution < 1.29 is 4.74 Å². The minimum absolute atomic E-state index is 0.303. The summed E-state index contributed by atoms with van der Waals surface area (Å²) in [6.45, 7) is 11.6. The van der Waals surface area contributed by atoms with Crippen LogP contribution in [0.2, 0.25) is 0 Å². The van der Waals surface area contributed by atoms with Crippen LogP contribution < -0.4 is 9.80 Å². The topological polar surface area (TPSA) is 28.1 Å². The van der Waals surface area contributed by atoms with Crippen molar-refractivity contribution in [2.75, 3.05) is 29.5 Å². The van der Waals surface area contributed by atoms with E-state index in [1.807, 2.05) is 12.4 Å². The van der Waals surface area contributed by atoms with E-state index in [9.17, 15) is 0 Å². The van der Waals surface area contributed by atoms with Crippen LogP contribution in [-0.4, -0.2) is 38.1 Å². The number of ether oxygens (including phenoxy) is 1. The summed E-state index contributed by atoms with van der Waals surface area (Å²) in [5, 5.41) is 0. The van der Waals surface area contributed by atoms with Gasteiger partial charge in [0.15, 0.2) is 0 Å². The van der Waals surface area contributed by atoms with Gasteiger partial charge in [-0.25, -0.2) is 0 Å². The summed E-state index contributed by atoms with van der Waals surface area (Å²) in [5.41, 5.74) is 3.82. The zero-order chi connectivity index (χ0) is 17.1. The lowest BCUT2D eigenvalue weighted by Gasteiger charge is -2.35. The zero-order valence-corrected chi connectivity index (χ0v) is 15.3. The van der Waals surface area contributed by atoms with Crippen molar-refractivity contribution in [2.45, 2.75) is 46.3 Å². The van der Waals surface area contributed by atoms with Crippen LogP contribution in [0.1, 0.15) is 34.1 Å². The largest absolute Gasteiger partial charge is 0.375 e. The molecule has 0 amide bonds. The summed E-state index contributed by atoms with van der Waals surface area (Å²) in [7, 11) is 0. The molecule has 1 fully saturated rings. The van der Waals surface area contributed by atoms with Crippen molar-refractivity contribution in [1.29, 1.82) is 0 Å². The fourth-order valence-corrected chi connectivity index (χ4v) is 3.54. The van der Waals surface area contributed by atoms with E-state index >= 15 is 0 Å². The normalized spacial score (nSPS) is 24.2. The first-order valence-corrected chi connectivity index (χ1v) is 9.03. The molecule has 4 heteroatoms. The lowest BCUT2D eigenvalue weighted by Crippen LogP contribution is -2.41. The fraction of sp³-hybridized carbons (Fsp3) is 0.550. The second kappa shape index (κ2) is 7.39. The minimum atomic E-state index is 0.303. The number of hydrogen-bond acceptors (Lipinski definition) is 4. The molecule has 0 spiro atoms. The molecule has 2 aliphatic heterocycles. The standard InChI is InChI=1S/C20H29N3O/c1-15(2)23(20-11-16(3)12-21-13-20)19-7-5-18(6-8-19)22-9-10-24-17(4)14-22/h5-8,12-13,15-17H,9-11,14H2,1-4H3/t16?,17-/m1/s1. The van der Waals surface area contributed by atoms with Crippen molar-refractivity contribution in [3.8, 4) is 0 Å². The fourth-order valence-electron chi connectivity index (χ4n) is 3.54.